The SMILES string of the molecule is COc1c([C@@H]2[C@H](C)[C@@H](C)O[C@H]2C(=O)Nc2ccnc(C(O)CO)c2)ccc(F)c1F. The van der Waals surface area contributed by atoms with Crippen LogP contribution in [0.15, 0.2) is 30.5 Å². The van der Waals surface area contributed by atoms with Gasteiger partial charge in [-0.25, -0.2) is 4.39 Å². The molecule has 0 spiro atoms. The van der Waals surface area contributed by atoms with E-state index < -0.39 is 42.3 Å². The van der Waals surface area contributed by atoms with Gasteiger partial charge in [0, 0.05) is 23.4 Å². The summed E-state index contributed by atoms with van der Waals surface area (Å²) in [5, 5.41) is 21.5. The molecule has 0 aliphatic carbocycles. The van der Waals surface area contributed by atoms with Crippen LogP contribution in [0.2, 0.25) is 0 Å². The molecule has 0 bridgehead atoms. The van der Waals surface area contributed by atoms with Gasteiger partial charge in [-0.2, -0.15) is 4.39 Å². The average Bonchev–Trinajstić information content (AvgIpc) is 3.04. The third-order valence-electron chi connectivity index (χ3n) is 5.46. The first-order valence-corrected chi connectivity index (χ1v) is 9.51. The van der Waals surface area contributed by atoms with E-state index in [-0.39, 0.29) is 23.5 Å². The third-order valence-corrected chi connectivity index (χ3v) is 5.46. The van der Waals surface area contributed by atoms with Gasteiger partial charge in [-0.1, -0.05) is 13.0 Å². The van der Waals surface area contributed by atoms with Crippen LogP contribution in [-0.4, -0.2) is 47.0 Å². The zero-order valence-corrected chi connectivity index (χ0v) is 16.8. The van der Waals surface area contributed by atoms with Crippen molar-refractivity contribution < 1.29 is 33.3 Å². The second kappa shape index (κ2) is 9.03. The number of halogens is 2. The number of carbonyl (C=O) groups is 1. The Bertz CT molecular complexity index is 926. The van der Waals surface area contributed by atoms with Crippen molar-refractivity contribution >= 4 is 11.6 Å². The summed E-state index contributed by atoms with van der Waals surface area (Å²) in [5.41, 5.74) is 0.895. The lowest BCUT2D eigenvalue weighted by Gasteiger charge is -2.23. The second-order valence-electron chi connectivity index (χ2n) is 7.29. The molecule has 1 saturated heterocycles. The fraction of sp³-hybridized carbons (Fsp3) is 0.429. The molecule has 7 nitrogen and oxygen atoms in total. The first kappa shape index (κ1) is 22.1. The number of aliphatic hydroxyl groups is 2. The Morgan fingerprint density at radius 2 is 2.07 bits per heavy atom. The summed E-state index contributed by atoms with van der Waals surface area (Å²) in [4.78, 5) is 17.0. The van der Waals surface area contributed by atoms with Crippen molar-refractivity contribution in [3.63, 3.8) is 0 Å². The van der Waals surface area contributed by atoms with E-state index in [1.54, 1.807) is 6.92 Å². The van der Waals surface area contributed by atoms with Crippen molar-refractivity contribution in [2.24, 2.45) is 5.92 Å². The van der Waals surface area contributed by atoms with Crippen molar-refractivity contribution in [3.05, 3.63) is 53.4 Å². The maximum atomic E-state index is 14.3. The molecule has 5 atom stereocenters. The molecule has 1 aromatic carbocycles. The van der Waals surface area contributed by atoms with Gasteiger partial charge in [0.05, 0.1) is 25.5 Å². The fourth-order valence-electron chi connectivity index (χ4n) is 3.71. The maximum absolute atomic E-state index is 14.3. The second-order valence-corrected chi connectivity index (χ2v) is 7.29. The Morgan fingerprint density at radius 3 is 2.73 bits per heavy atom. The van der Waals surface area contributed by atoms with E-state index in [9.17, 15) is 18.7 Å². The molecule has 9 heteroatoms. The Kier molecular flexibility index (Phi) is 6.64. The Morgan fingerprint density at radius 1 is 1.33 bits per heavy atom. The number of nitrogens with zero attached hydrogens (tertiary/aromatic N) is 1. The number of ether oxygens (including phenoxy) is 2. The van der Waals surface area contributed by atoms with Crippen molar-refractivity contribution in [2.75, 3.05) is 19.0 Å². The number of amides is 1. The van der Waals surface area contributed by atoms with Gasteiger partial charge >= 0.3 is 0 Å². The topological polar surface area (TPSA) is 101 Å². The molecule has 1 unspecified atom stereocenters. The molecule has 2 aromatic rings. The minimum atomic E-state index is -1.18. The lowest BCUT2D eigenvalue weighted by molar-refractivity contribution is -0.127. The van der Waals surface area contributed by atoms with Crippen LogP contribution in [0.4, 0.5) is 14.5 Å². The van der Waals surface area contributed by atoms with Gasteiger partial charge in [-0.05, 0) is 31.0 Å². The number of carbonyl (C=O) groups excluding carboxylic acids is 1. The zero-order valence-electron chi connectivity index (χ0n) is 16.8. The van der Waals surface area contributed by atoms with Gasteiger partial charge in [-0.15, -0.1) is 0 Å². The highest BCUT2D eigenvalue weighted by Crippen LogP contribution is 2.44. The molecule has 3 rings (SSSR count). The number of nitrogens with one attached hydrogen (secondary N) is 1. The van der Waals surface area contributed by atoms with Gasteiger partial charge in [-0.3, -0.25) is 9.78 Å². The summed E-state index contributed by atoms with van der Waals surface area (Å²) < 4.78 is 38.9. The molecule has 2 heterocycles. The Hall–Kier alpha value is -2.62. The van der Waals surface area contributed by atoms with Crippen LogP contribution in [0.3, 0.4) is 0 Å². The molecule has 30 heavy (non-hydrogen) atoms. The van der Waals surface area contributed by atoms with Crippen molar-refractivity contribution in [3.8, 4) is 5.75 Å². The molecule has 1 aliphatic rings. The molecular formula is C21H24F2N2O5. The lowest BCUT2D eigenvalue weighted by Crippen LogP contribution is -2.33. The molecular weight excluding hydrogens is 398 g/mol. The van der Waals surface area contributed by atoms with E-state index in [2.05, 4.69) is 10.3 Å². The Balaban J connectivity index is 1.91. The van der Waals surface area contributed by atoms with Crippen LogP contribution in [0, 0.1) is 17.6 Å². The minimum absolute atomic E-state index is 0.177. The van der Waals surface area contributed by atoms with Crippen LogP contribution >= 0.6 is 0 Å². The van der Waals surface area contributed by atoms with E-state index in [1.165, 1.54) is 31.5 Å². The molecule has 1 fully saturated rings. The summed E-state index contributed by atoms with van der Waals surface area (Å²) in [6.45, 7) is 3.16. The highest BCUT2D eigenvalue weighted by molar-refractivity contribution is 5.95. The van der Waals surface area contributed by atoms with E-state index in [0.717, 1.165) is 6.07 Å². The zero-order chi connectivity index (χ0) is 22.0. The summed E-state index contributed by atoms with van der Waals surface area (Å²) >= 11 is 0. The molecule has 1 aliphatic heterocycles. The van der Waals surface area contributed by atoms with E-state index in [1.807, 2.05) is 6.92 Å². The third kappa shape index (κ3) is 4.14. The van der Waals surface area contributed by atoms with E-state index in [0.29, 0.717) is 11.3 Å². The molecule has 1 amide bonds. The number of rotatable bonds is 6. The highest BCUT2D eigenvalue weighted by Gasteiger charge is 2.46. The first-order chi connectivity index (χ1) is 14.3. The summed E-state index contributed by atoms with van der Waals surface area (Å²) in [5.74, 6) is -3.64. The number of pyridine rings is 1. The lowest BCUT2D eigenvalue weighted by atomic mass is 9.82. The van der Waals surface area contributed by atoms with Crippen LogP contribution in [-0.2, 0) is 9.53 Å². The van der Waals surface area contributed by atoms with Gasteiger partial charge < -0.3 is 25.0 Å². The van der Waals surface area contributed by atoms with Crippen LogP contribution < -0.4 is 10.1 Å². The van der Waals surface area contributed by atoms with Crippen molar-refractivity contribution in [1.82, 2.24) is 4.98 Å². The van der Waals surface area contributed by atoms with Gasteiger partial charge in [0.1, 0.15) is 12.2 Å². The molecule has 3 N–H and O–H groups in total. The predicted octanol–water partition coefficient (Wildman–Crippen LogP) is 2.54. The minimum Gasteiger partial charge on any atom is -0.493 e. The number of hydrogen-bond acceptors (Lipinski definition) is 6. The summed E-state index contributed by atoms with van der Waals surface area (Å²) in [6, 6.07) is 5.37. The molecule has 1 aromatic heterocycles. The number of aliphatic hydroxyl groups excluding tert-OH is 2. The number of benzene rings is 1. The van der Waals surface area contributed by atoms with Gasteiger partial charge in [0.25, 0.3) is 5.91 Å². The number of hydrogen-bond donors (Lipinski definition) is 3. The predicted molar refractivity (Wildman–Crippen MR) is 104 cm³/mol. The van der Waals surface area contributed by atoms with Gasteiger partial charge in [0.2, 0.25) is 5.82 Å². The quantitative estimate of drug-likeness (QED) is 0.662. The standard InChI is InChI=1S/C21H24F2N2O5/c1-10-11(2)30-20(17(10)13-4-5-14(22)18(23)19(13)29-3)21(28)25-12-6-7-24-15(8-12)16(27)9-26/h4-8,10-11,16-17,20,26-27H,9H2,1-3H3,(H,24,25,28)/t10-,11-,16?,17+,20-/m1/s1. The normalized spacial score (nSPS) is 24.5. The average molecular weight is 422 g/mol. The van der Waals surface area contributed by atoms with E-state index >= 15 is 0 Å². The molecule has 0 saturated carbocycles. The maximum Gasteiger partial charge on any atom is 0.254 e. The number of methoxy groups -OCH3 is 1. The molecule has 162 valence electrons. The monoisotopic (exact) mass is 422 g/mol. The summed E-state index contributed by atoms with van der Waals surface area (Å²) in [6.07, 6.45) is -1.08. The molecule has 0 radical (unpaired) electrons. The van der Waals surface area contributed by atoms with E-state index in [4.69, 9.17) is 14.6 Å². The fourth-order valence-corrected chi connectivity index (χ4v) is 3.71. The Labute approximate surface area is 172 Å². The summed E-state index contributed by atoms with van der Waals surface area (Å²) in [7, 11) is 1.24. The van der Waals surface area contributed by atoms with Crippen LogP contribution in [0.25, 0.3) is 0 Å². The van der Waals surface area contributed by atoms with Crippen LogP contribution in [0.5, 0.6) is 5.75 Å². The smallest absolute Gasteiger partial charge is 0.254 e. The van der Waals surface area contributed by atoms with Gasteiger partial charge in [0.15, 0.2) is 11.6 Å². The highest BCUT2D eigenvalue weighted by atomic mass is 19.2. The van der Waals surface area contributed by atoms with Crippen LogP contribution in [0.1, 0.15) is 37.1 Å². The number of anilines is 1. The van der Waals surface area contributed by atoms with Crippen molar-refractivity contribution in [1.29, 1.82) is 0 Å². The largest absolute Gasteiger partial charge is 0.493 e. The van der Waals surface area contributed by atoms with Crippen molar-refractivity contribution in [2.45, 2.75) is 38.1 Å². The number of aromatic nitrogens is 1. The first-order valence-electron chi connectivity index (χ1n) is 9.51.